The number of hydrogen-bond acceptors (Lipinski definition) is 5. The second-order valence-corrected chi connectivity index (χ2v) is 4.59. The van der Waals surface area contributed by atoms with Crippen molar-refractivity contribution in [3.05, 3.63) is 47.9 Å². The van der Waals surface area contributed by atoms with Gasteiger partial charge in [0.25, 0.3) is 0 Å². The number of aromatic hydroxyl groups is 1. The predicted molar refractivity (Wildman–Crippen MR) is 80.0 cm³/mol. The van der Waals surface area contributed by atoms with Crippen LogP contribution < -0.4 is 4.74 Å². The van der Waals surface area contributed by atoms with Gasteiger partial charge in [-0.3, -0.25) is 4.99 Å². The van der Waals surface area contributed by atoms with E-state index in [2.05, 4.69) is 4.99 Å². The molecular weight excluding hydrogens is 270 g/mol. The quantitative estimate of drug-likeness (QED) is 0.768. The average molecular weight is 289 g/mol. The molecule has 0 radical (unpaired) electrons. The summed E-state index contributed by atoms with van der Waals surface area (Å²) in [5.41, 5.74) is 0.575. The van der Waals surface area contributed by atoms with Gasteiger partial charge in [-0.15, -0.1) is 0 Å². The van der Waals surface area contributed by atoms with Gasteiger partial charge in [0, 0.05) is 17.8 Å². The highest BCUT2D eigenvalue weighted by Gasteiger charge is 2.08. The summed E-state index contributed by atoms with van der Waals surface area (Å²) in [4.78, 5) is 4.11. The van der Waals surface area contributed by atoms with Crippen LogP contribution in [0.4, 0.5) is 0 Å². The van der Waals surface area contributed by atoms with Crippen molar-refractivity contribution in [3.8, 4) is 11.5 Å². The number of benzene rings is 1. The van der Waals surface area contributed by atoms with E-state index in [1.165, 1.54) is 12.5 Å². The number of furan rings is 1. The number of aliphatic hydroxyl groups excluding tert-OH is 1. The van der Waals surface area contributed by atoms with Crippen molar-refractivity contribution in [1.82, 2.24) is 0 Å². The van der Waals surface area contributed by atoms with Crippen molar-refractivity contribution in [3.63, 3.8) is 0 Å². The number of phenolic OH excluding ortho intramolecular Hbond substituents is 1. The lowest BCUT2D eigenvalue weighted by Crippen LogP contribution is -2.00. The summed E-state index contributed by atoms with van der Waals surface area (Å²) in [7, 11) is 0. The van der Waals surface area contributed by atoms with E-state index < -0.39 is 6.10 Å². The Morgan fingerprint density at radius 3 is 2.90 bits per heavy atom. The van der Waals surface area contributed by atoms with Gasteiger partial charge in [-0.1, -0.05) is 6.92 Å². The molecule has 0 bridgehead atoms. The van der Waals surface area contributed by atoms with Gasteiger partial charge in [-0.2, -0.15) is 0 Å². The molecule has 1 aromatic carbocycles. The number of ether oxygens (including phenoxy) is 1. The summed E-state index contributed by atoms with van der Waals surface area (Å²) in [5, 5.41) is 19.7. The third-order valence-electron chi connectivity index (χ3n) is 2.86. The number of rotatable bonds is 7. The largest absolute Gasteiger partial charge is 0.507 e. The van der Waals surface area contributed by atoms with Crippen molar-refractivity contribution in [2.24, 2.45) is 4.99 Å². The predicted octanol–water partition coefficient (Wildman–Crippen LogP) is 2.93. The van der Waals surface area contributed by atoms with Crippen molar-refractivity contribution >= 4 is 6.21 Å². The van der Waals surface area contributed by atoms with Crippen LogP contribution in [0.3, 0.4) is 0 Å². The number of aliphatic hydroxyl groups is 1. The Labute approximate surface area is 123 Å². The number of nitrogens with zero attached hydrogens (tertiary/aromatic N) is 1. The van der Waals surface area contributed by atoms with Gasteiger partial charge in [0.1, 0.15) is 23.4 Å². The SMILES string of the molecule is CCCOc1ccc(C=NCC(O)c2ccco2)c(O)c1. The van der Waals surface area contributed by atoms with E-state index in [0.717, 1.165) is 6.42 Å². The van der Waals surface area contributed by atoms with Crippen LogP contribution in [0.5, 0.6) is 11.5 Å². The molecule has 5 nitrogen and oxygen atoms in total. The van der Waals surface area contributed by atoms with E-state index in [9.17, 15) is 10.2 Å². The van der Waals surface area contributed by atoms with E-state index in [1.54, 1.807) is 30.3 Å². The summed E-state index contributed by atoms with van der Waals surface area (Å²) in [5.74, 6) is 1.20. The Balaban J connectivity index is 1.94. The van der Waals surface area contributed by atoms with Crippen LogP contribution in [-0.4, -0.2) is 29.6 Å². The van der Waals surface area contributed by atoms with Crippen molar-refractivity contribution in [2.45, 2.75) is 19.4 Å². The third-order valence-corrected chi connectivity index (χ3v) is 2.86. The Hall–Kier alpha value is -2.27. The fourth-order valence-electron chi connectivity index (χ4n) is 1.76. The fourth-order valence-corrected chi connectivity index (χ4v) is 1.76. The summed E-state index contributed by atoms with van der Waals surface area (Å²) < 4.78 is 10.5. The maximum atomic E-state index is 9.89. The first-order valence-corrected chi connectivity index (χ1v) is 6.87. The lowest BCUT2D eigenvalue weighted by molar-refractivity contribution is 0.159. The fraction of sp³-hybridized carbons (Fsp3) is 0.312. The first kappa shape index (κ1) is 15.1. The minimum atomic E-state index is -0.787. The zero-order valence-electron chi connectivity index (χ0n) is 11.9. The first-order valence-electron chi connectivity index (χ1n) is 6.87. The smallest absolute Gasteiger partial charge is 0.134 e. The van der Waals surface area contributed by atoms with Gasteiger partial charge in [0.05, 0.1) is 19.4 Å². The van der Waals surface area contributed by atoms with Crippen LogP contribution in [0.1, 0.15) is 30.8 Å². The zero-order chi connectivity index (χ0) is 15.1. The zero-order valence-corrected chi connectivity index (χ0v) is 11.9. The van der Waals surface area contributed by atoms with Gasteiger partial charge in [0.15, 0.2) is 0 Å². The molecule has 1 aromatic heterocycles. The normalized spacial score (nSPS) is 12.7. The number of phenols is 1. The second-order valence-electron chi connectivity index (χ2n) is 4.59. The van der Waals surface area contributed by atoms with Gasteiger partial charge in [-0.05, 0) is 30.7 Å². The average Bonchev–Trinajstić information content (AvgIpc) is 3.01. The molecule has 1 unspecified atom stereocenters. The molecule has 1 heterocycles. The molecule has 0 spiro atoms. The van der Waals surface area contributed by atoms with E-state index in [-0.39, 0.29) is 12.3 Å². The van der Waals surface area contributed by atoms with Crippen LogP contribution in [-0.2, 0) is 0 Å². The van der Waals surface area contributed by atoms with Gasteiger partial charge >= 0.3 is 0 Å². The van der Waals surface area contributed by atoms with Crippen LogP contribution >= 0.6 is 0 Å². The molecule has 0 aliphatic rings. The van der Waals surface area contributed by atoms with Crippen LogP contribution in [0.15, 0.2) is 46.0 Å². The third kappa shape index (κ3) is 4.36. The highest BCUT2D eigenvalue weighted by atomic mass is 16.5. The Morgan fingerprint density at radius 2 is 2.24 bits per heavy atom. The lowest BCUT2D eigenvalue weighted by Gasteiger charge is -2.06. The summed E-state index contributed by atoms with van der Waals surface area (Å²) in [6.07, 6.45) is 3.15. The van der Waals surface area contributed by atoms with Gasteiger partial charge in [-0.25, -0.2) is 0 Å². The number of hydrogen-bond donors (Lipinski definition) is 2. The van der Waals surface area contributed by atoms with Crippen LogP contribution in [0, 0.1) is 0 Å². The van der Waals surface area contributed by atoms with Crippen molar-refractivity contribution in [1.29, 1.82) is 0 Å². The molecule has 0 amide bonds. The molecule has 0 fully saturated rings. The molecule has 21 heavy (non-hydrogen) atoms. The molecule has 0 saturated carbocycles. The van der Waals surface area contributed by atoms with Gasteiger partial charge in [0.2, 0.25) is 0 Å². The monoisotopic (exact) mass is 289 g/mol. The summed E-state index contributed by atoms with van der Waals surface area (Å²) in [6, 6.07) is 8.46. The maximum Gasteiger partial charge on any atom is 0.134 e. The molecule has 0 aliphatic carbocycles. The highest BCUT2D eigenvalue weighted by Crippen LogP contribution is 2.22. The lowest BCUT2D eigenvalue weighted by atomic mass is 10.2. The van der Waals surface area contributed by atoms with E-state index in [4.69, 9.17) is 9.15 Å². The molecule has 2 N–H and O–H groups in total. The minimum absolute atomic E-state index is 0.0971. The van der Waals surface area contributed by atoms with Crippen molar-refractivity contribution < 1.29 is 19.4 Å². The molecule has 112 valence electrons. The first-order chi connectivity index (χ1) is 10.2. The topological polar surface area (TPSA) is 75.2 Å². The summed E-state index contributed by atoms with van der Waals surface area (Å²) in [6.45, 7) is 2.80. The maximum absolute atomic E-state index is 9.89. The Morgan fingerprint density at radius 1 is 1.38 bits per heavy atom. The second kappa shape index (κ2) is 7.50. The summed E-state index contributed by atoms with van der Waals surface area (Å²) >= 11 is 0. The molecule has 2 aromatic rings. The molecule has 2 rings (SSSR count). The standard InChI is InChI=1S/C16H19NO4/c1-2-7-20-13-6-5-12(14(18)9-13)10-17-11-15(19)16-4-3-8-21-16/h3-6,8-10,15,18-19H,2,7,11H2,1H3. The van der Waals surface area contributed by atoms with Crippen LogP contribution in [0.2, 0.25) is 0 Å². The molecule has 1 atom stereocenters. The molecule has 0 saturated heterocycles. The van der Waals surface area contributed by atoms with E-state index >= 15 is 0 Å². The van der Waals surface area contributed by atoms with Gasteiger partial charge < -0.3 is 19.4 Å². The molecule has 5 heteroatoms. The van der Waals surface area contributed by atoms with Crippen molar-refractivity contribution in [2.75, 3.05) is 13.2 Å². The highest BCUT2D eigenvalue weighted by molar-refractivity contribution is 5.83. The van der Waals surface area contributed by atoms with E-state index in [1.807, 2.05) is 6.92 Å². The molecule has 0 aliphatic heterocycles. The molecular formula is C16H19NO4. The van der Waals surface area contributed by atoms with Crippen LogP contribution in [0.25, 0.3) is 0 Å². The minimum Gasteiger partial charge on any atom is -0.507 e. The van der Waals surface area contributed by atoms with E-state index in [0.29, 0.717) is 23.7 Å². The Bertz CT molecular complexity index is 578. The number of aliphatic imine (C=N–C) groups is 1. The Kier molecular flexibility index (Phi) is 5.40.